The Balaban J connectivity index is 2.07. The SMILES string of the molecule is CC(=O)c1ccc(OCc2ccc(C#N)cc2)c(C)c1. The van der Waals surface area contributed by atoms with Gasteiger partial charge in [-0.05, 0) is 55.3 Å². The van der Waals surface area contributed by atoms with Gasteiger partial charge in [0.15, 0.2) is 5.78 Å². The highest BCUT2D eigenvalue weighted by Gasteiger charge is 2.04. The smallest absolute Gasteiger partial charge is 0.159 e. The molecule has 0 aromatic heterocycles. The first-order valence-corrected chi connectivity index (χ1v) is 6.33. The number of carbonyl (C=O) groups is 1. The van der Waals surface area contributed by atoms with E-state index in [2.05, 4.69) is 6.07 Å². The lowest BCUT2D eigenvalue weighted by Crippen LogP contribution is -1.99. The number of rotatable bonds is 4. The van der Waals surface area contributed by atoms with Crippen molar-refractivity contribution in [1.29, 1.82) is 5.26 Å². The lowest BCUT2D eigenvalue weighted by atomic mass is 10.1. The van der Waals surface area contributed by atoms with Crippen molar-refractivity contribution in [2.24, 2.45) is 0 Å². The molecule has 0 N–H and O–H groups in total. The fraction of sp³-hybridized carbons (Fsp3) is 0.176. The molecule has 0 spiro atoms. The van der Waals surface area contributed by atoms with E-state index < -0.39 is 0 Å². The second-order valence-corrected chi connectivity index (χ2v) is 4.63. The standard InChI is InChI=1S/C17H15NO2/c1-12-9-16(13(2)19)7-8-17(12)20-11-15-5-3-14(10-18)4-6-15/h3-9H,11H2,1-2H3. The molecule has 0 saturated carbocycles. The van der Waals surface area contributed by atoms with Crippen LogP contribution in [0.25, 0.3) is 0 Å². The van der Waals surface area contributed by atoms with Crippen LogP contribution < -0.4 is 4.74 Å². The molecule has 2 aromatic rings. The number of ketones is 1. The Hall–Kier alpha value is -2.60. The molecule has 0 aliphatic carbocycles. The summed E-state index contributed by atoms with van der Waals surface area (Å²) in [7, 11) is 0. The van der Waals surface area contributed by atoms with E-state index in [1.807, 2.05) is 31.2 Å². The summed E-state index contributed by atoms with van der Waals surface area (Å²) in [6.45, 7) is 3.90. The number of Topliss-reactive ketones (excluding diaryl/α,β-unsaturated/α-hetero) is 1. The van der Waals surface area contributed by atoms with E-state index in [0.29, 0.717) is 17.7 Å². The third-order valence-electron chi connectivity index (χ3n) is 3.06. The van der Waals surface area contributed by atoms with Crippen LogP contribution in [-0.2, 0) is 6.61 Å². The van der Waals surface area contributed by atoms with Crippen LogP contribution in [0.3, 0.4) is 0 Å². The molecule has 0 heterocycles. The van der Waals surface area contributed by atoms with Gasteiger partial charge in [-0.1, -0.05) is 12.1 Å². The highest BCUT2D eigenvalue weighted by atomic mass is 16.5. The number of hydrogen-bond donors (Lipinski definition) is 0. The van der Waals surface area contributed by atoms with Gasteiger partial charge in [-0.15, -0.1) is 0 Å². The maximum absolute atomic E-state index is 11.3. The first-order valence-electron chi connectivity index (χ1n) is 6.33. The van der Waals surface area contributed by atoms with E-state index in [1.165, 1.54) is 0 Å². The summed E-state index contributed by atoms with van der Waals surface area (Å²) >= 11 is 0. The molecular weight excluding hydrogens is 250 g/mol. The molecule has 0 radical (unpaired) electrons. The minimum atomic E-state index is 0.0479. The molecule has 2 aromatic carbocycles. The van der Waals surface area contributed by atoms with Crippen LogP contribution in [0.2, 0.25) is 0 Å². The van der Waals surface area contributed by atoms with Crippen LogP contribution in [0.4, 0.5) is 0 Å². The predicted octanol–water partition coefficient (Wildman–Crippen LogP) is 3.65. The van der Waals surface area contributed by atoms with Crippen molar-refractivity contribution in [3.63, 3.8) is 0 Å². The van der Waals surface area contributed by atoms with Crippen molar-refractivity contribution in [2.75, 3.05) is 0 Å². The molecule has 0 fully saturated rings. The number of aryl methyl sites for hydroxylation is 1. The van der Waals surface area contributed by atoms with Gasteiger partial charge < -0.3 is 4.74 Å². The van der Waals surface area contributed by atoms with Crippen LogP contribution >= 0.6 is 0 Å². The van der Waals surface area contributed by atoms with Gasteiger partial charge in [0.2, 0.25) is 0 Å². The lowest BCUT2D eigenvalue weighted by Gasteiger charge is -2.10. The number of hydrogen-bond acceptors (Lipinski definition) is 3. The van der Waals surface area contributed by atoms with Crippen molar-refractivity contribution in [3.8, 4) is 11.8 Å². The Labute approximate surface area is 118 Å². The zero-order chi connectivity index (χ0) is 14.5. The van der Waals surface area contributed by atoms with Crippen molar-refractivity contribution in [3.05, 3.63) is 64.7 Å². The largest absolute Gasteiger partial charge is 0.489 e. The third kappa shape index (κ3) is 3.24. The highest BCUT2D eigenvalue weighted by molar-refractivity contribution is 5.94. The average molecular weight is 265 g/mol. The maximum Gasteiger partial charge on any atom is 0.159 e. The molecule has 0 saturated heterocycles. The van der Waals surface area contributed by atoms with Gasteiger partial charge in [-0.3, -0.25) is 4.79 Å². The predicted molar refractivity (Wildman–Crippen MR) is 76.7 cm³/mol. The molecule has 0 aliphatic heterocycles. The second kappa shape index (κ2) is 6.03. The molecule has 0 atom stereocenters. The Morgan fingerprint density at radius 2 is 1.90 bits per heavy atom. The molecule has 2 rings (SSSR count). The Bertz CT molecular complexity index is 666. The molecule has 0 amide bonds. The average Bonchev–Trinajstić information content (AvgIpc) is 2.46. The van der Waals surface area contributed by atoms with Gasteiger partial charge in [0.25, 0.3) is 0 Å². The first kappa shape index (κ1) is 13.8. The number of carbonyl (C=O) groups excluding carboxylic acids is 1. The fourth-order valence-electron chi connectivity index (χ4n) is 1.87. The van der Waals surface area contributed by atoms with Crippen LogP contribution in [0.1, 0.15) is 34.0 Å². The summed E-state index contributed by atoms with van der Waals surface area (Å²) in [6.07, 6.45) is 0. The molecule has 3 nitrogen and oxygen atoms in total. The lowest BCUT2D eigenvalue weighted by molar-refractivity contribution is 0.101. The topological polar surface area (TPSA) is 50.1 Å². The molecule has 3 heteroatoms. The van der Waals surface area contributed by atoms with E-state index in [9.17, 15) is 4.79 Å². The van der Waals surface area contributed by atoms with Gasteiger partial charge >= 0.3 is 0 Å². The van der Waals surface area contributed by atoms with Crippen LogP contribution in [0, 0.1) is 18.3 Å². The summed E-state index contributed by atoms with van der Waals surface area (Å²) < 4.78 is 5.74. The normalized spacial score (nSPS) is 9.85. The quantitative estimate of drug-likeness (QED) is 0.793. The van der Waals surface area contributed by atoms with Crippen molar-refractivity contribution in [2.45, 2.75) is 20.5 Å². The fourth-order valence-corrected chi connectivity index (χ4v) is 1.87. The van der Waals surface area contributed by atoms with E-state index >= 15 is 0 Å². The zero-order valence-corrected chi connectivity index (χ0v) is 11.5. The zero-order valence-electron chi connectivity index (χ0n) is 11.5. The summed E-state index contributed by atoms with van der Waals surface area (Å²) in [5, 5.41) is 8.73. The molecule has 0 unspecified atom stereocenters. The summed E-state index contributed by atoms with van der Waals surface area (Å²) in [5.74, 6) is 0.811. The first-order chi connectivity index (χ1) is 9.60. The Morgan fingerprint density at radius 3 is 2.45 bits per heavy atom. The van der Waals surface area contributed by atoms with Crippen LogP contribution in [-0.4, -0.2) is 5.78 Å². The van der Waals surface area contributed by atoms with Gasteiger partial charge in [0, 0.05) is 5.56 Å². The Morgan fingerprint density at radius 1 is 1.20 bits per heavy atom. The monoisotopic (exact) mass is 265 g/mol. The third-order valence-corrected chi connectivity index (χ3v) is 3.06. The van der Waals surface area contributed by atoms with Crippen molar-refractivity contribution >= 4 is 5.78 Å². The van der Waals surface area contributed by atoms with Gasteiger partial charge in [0.1, 0.15) is 12.4 Å². The highest BCUT2D eigenvalue weighted by Crippen LogP contribution is 2.20. The molecular formula is C17H15NO2. The van der Waals surface area contributed by atoms with Gasteiger partial charge in [-0.25, -0.2) is 0 Å². The number of benzene rings is 2. The second-order valence-electron chi connectivity index (χ2n) is 4.63. The van der Waals surface area contributed by atoms with Gasteiger partial charge in [-0.2, -0.15) is 5.26 Å². The minimum Gasteiger partial charge on any atom is -0.489 e. The Kier molecular flexibility index (Phi) is 4.17. The van der Waals surface area contributed by atoms with E-state index in [4.69, 9.17) is 10.00 Å². The van der Waals surface area contributed by atoms with Crippen LogP contribution in [0.15, 0.2) is 42.5 Å². The molecule has 0 bridgehead atoms. The van der Waals surface area contributed by atoms with E-state index in [1.54, 1.807) is 25.1 Å². The van der Waals surface area contributed by atoms with Crippen LogP contribution in [0.5, 0.6) is 5.75 Å². The van der Waals surface area contributed by atoms with E-state index in [0.717, 1.165) is 16.9 Å². The molecule has 0 aliphatic rings. The maximum atomic E-state index is 11.3. The van der Waals surface area contributed by atoms with Crippen molar-refractivity contribution < 1.29 is 9.53 Å². The number of nitrogens with zero attached hydrogens (tertiary/aromatic N) is 1. The summed E-state index contributed by atoms with van der Waals surface area (Å²) in [4.78, 5) is 11.3. The van der Waals surface area contributed by atoms with Crippen molar-refractivity contribution in [1.82, 2.24) is 0 Å². The summed E-state index contributed by atoms with van der Waals surface area (Å²) in [5.41, 5.74) is 3.26. The number of nitriles is 1. The minimum absolute atomic E-state index is 0.0479. The van der Waals surface area contributed by atoms with Gasteiger partial charge in [0.05, 0.1) is 11.6 Å². The molecule has 100 valence electrons. The van der Waals surface area contributed by atoms with E-state index in [-0.39, 0.29) is 5.78 Å². The number of ether oxygens (including phenoxy) is 1. The summed E-state index contributed by atoms with van der Waals surface area (Å²) in [6, 6.07) is 14.8. The molecule has 20 heavy (non-hydrogen) atoms.